The molecule has 0 spiro atoms. The molecule has 0 aromatic heterocycles. The van der Waals surface area contributed by atoms with E-state index < -0.39 is 0 Å². The number of rotatable bonds is 8. The molecule has 2 fully saturated rings. The lowest BCUT2D eigenvalue weighted by molar-refractivity contribution is -0.107. The maximum absolute atomic E-state index is 5.83. The summed E-state index contributed by atoms with van der Waals surface area (Å²) >= 11 is 0. The molecule has 3 heteroatoms. The van der Waals surface area contributed by atoms with Gasteiger partial charge in [0, 0.05) is 0 Å². The molecule has 0 aliphatic heterocycles. The topological polar surface area (TPSA) is 27.7 Å². The molecule has 0 aromatic carbocycles. The van der Waals surface area contributed by atoms with E-state index in [0.717, 1.165) is 6.61 Å². The van der Waals surface area contributed by atoms with Crippen LogP contribution in [0, 0.1) is 0 Å². The van der Waals surface area contributed by atoms with E-state index in [1.54, 1.807) is 0 Å². The molecule has 2 rings (SSSR count). The average molecular weight is 242 g/mol. The molecule has 2 saturated carbocycles. The fourth-order valence-electron chi connectivity index (χ4n) is 2.03. The Balaban J connectivity index is 1.47. The van der Waals surface area contributed by atoms with Gasteiger partial charge in [0.2, 0.25) is 0 Å². The van der Waals surface area contributed by atoms with Gasteiger partial charge in [-0.3, -0.25) is 0 Å². The fraction of sp³-hybridized carbons (Fsp3) is 1.00. The highest BCUT2D eigenvalue weighted by Gasteiger charge is 2.21. The zero-order valence-corrected chi connectivity index (χ0v) is 11.2. The largest absolute Gasteiger partial charge is 0.376 e. The van der Waals surface area contributed by atoms with Crippen LogP contribution in [0.4, 0.5) is 0 Å². The Morgan fingerprint density at radius 3 is 2.06 bits per heavy atom. The smallest absolute Gasteiger partial charge is 0.0784 e. The first-order valence-corrected chi connectivity index (χ1v) is 7.12. The Kier molecular flexibility index (Phi) is 5.26. The number of hydrogen-bond donors (Lipinski definition) is 0. The van der Waals surface area contributed by atoms with Crippen molar-refractivity contribution in [1.29, 1.82) is 0 Å². The van der Waals surface area contributed by atoms with Gasteiger partial charge in [0.15, 0.2) is 0 Å². The van der Waals surface area contributed by atoms with E-state index in [9.17, 15) is 0 Å². The van der Waals surface area contributed by atoms with Crippen LogP contribution in [0.5, 0.6) is 0 Å². The lowest BCUT2D eigenvalue weighted by Crippen LogP contribution is -2.31. The second kappa shape index (κ2) is 6.72. The predicted octanol–water partition coefficient (Wildman–Crippen LogP) is 2.92. The highest BCUT2D eigenvalue weighted by atomic mass is 16.6. The molecule has 0 bridgehead atoms. The van der Waals surface area contributed by atoms with Gasteiger partial charge in [0.25, 0.3) is 0 Å². The van der Waals surface area contributed by atoms with Crippen molar-refractivity contribution in [3.63, 3.8) is 0 Å². The number of ether oxygens (including phenoxy) is 3. The average Bonchev–Trinajstić information content (AvgIpc) is 2.18. The van der Waals surface area contributed by atoms with Crippen molar-refractivity contribution in [2.24, 2.45) is 0 Å². The molecule has 17 heavy (non-hydrogen) atoms. The van der Waals surface area contributed by atoms with Crippen molar-refractivity contribution in [2.75, 3.05) is 13.2 Å². The predicted molar refractivity (Wildman–Crippen MR) is 67.2 cm³/mol. The summed E-state index contributed by atoms with van der Waals surface area (Å²) in [7, 11) is 0. The fourth-order valence-corrected chi connectivity index (χ4v) is 2.03. The lowest BCUT2D eigenvalue weighted by Gasteiger charge is -2.30. The summed E-state index contributed by atoms with van der Waals surface area (Å²) < 4.78 is 17.3. The second-order valence-corrected chi connectivity index (χ2v) is 5.53. The van der Waals surface area contributed by atoms with Gasteiger partial charge in [0.05, 0.1) is 37.6 Å². The molecule has 2 unspecified atom stereocenters. The van der Waals surface area contributed by atoms with Gasteiger partial charge in [0.1, 0.15) is 0 Å². The Morgan fingerprint density at radius 2 is 1.53 bits per heavy atom. The monoisotopic (exact) mass is 242 g/mol. The Morgan fingerprint density at radius 1 is 0.882 bits per heavy atom. The molecule has 2 atom stereocenters. The van der Waals surface area contributed by atoms with E-state index >= 15 is 0 Å². The minimum absolute atomic E-state index is 0.183. The van der Waals surface area contributed by atoms with E-state index in [0.29, 0.717) is 18.8 Å². The summed E-state index contributed by atoms with van der Waals surface area (Å²) in [6, 6.07) is 0. The highest BCUT2D eigenvalue weighted by molar-refractivity contribution is 4.71. The lowest BCUT2D eigenvalue weighted by atomic mass is 9.96. The SMILES string of the molecule is CC(COC1CCC1)OCC(C)OC1CCC1. The molecule has 100 valence electrons. The summed E-state index contributed by atoms with van der Waals surface area (Å²) in [5.74, 6) is 0. The highest BCUT2D eigenvalue weighted by Crippen LogP contribution is 2.24. The Hall–Kier alpha value is -0.120. The molecular weight excluding hydrogens is 216 g/mol. The normalized spacial score (nSPS) is 25.1. The van der Waals surface area contributed by atoms with Crippen LogP contribution in [0.15, 0.2) is 0 Å². The minimum Gasteiger partial charge on any atom is -0.376 e. The third-order valence-corrected chi connectivity index (χ3v) is 3.71. The van der Waals surface area contributed by atoms with Crippen LogP contribution >= 0.6 is 0 Å². The van der Waals surface area contributed by atoms with Gasteiger partial charge in [-0.15, -0.1) is 0 Å². The van der Waals surface area contributed by atoms with Gasteiger partial charge in [-0.25, -0.2) is 0 Å². The zero-order chi connectivity index (χ0) is 12.1. The first kappa shape index (κ1) is 13.3. The summed E-state index contributed by atoms with van der Waals surface area (Å²) in [5, 5.41) is 0. The maximum atomic E-state index is 5.83. The van der Waals surface area contributed by atoms with Gasteiger partial charge in [-0.05, 0) is 52.4 Å². The van der Waals surface area contributed by atoms with Crippen molar-refractivity contribution >= 4 is 0 Å². The maximum Gasteiger partial charge on any atom is 0.0784 e. The molecule has 0 amide bonds. The molecule has 0 aromatic rings. The van der Waals surface area contributed by atoms with E-state index in [1.165, 1.54) is 38.5 Å². The van der Waals surface area contributed by atoms with E-state index in [2.05, 4.69) is 13.8 Å². The molecule has 0 heterocycles. The van der Waals surface area contributed by atoms with Crippen LogP contribution in [0.1, 0.15) is 52.4 Å². The Bertz CT molecular complexity index is 212. The molecule has 2 aliphatic carbocycles. The van der Waals surface area contributed by atoms with E-state index in [-0.39, 0.29) is 12.2 Å². The van der Waals surface area contributed by atoms with Crippen molar-refractivity contribution in [1.82, 2.24) is 0 Å². The first-order valence-electron chi connectivity index (χ1n) is 7.12. The van der Waals surface area contributed by atoms with Crippen LogP contribution < -0.4 is 0 Å². The molecule has 3 nitrogen and oxygen atoms in total. The summed E-state index contributed by atoms with van der Waals surface area (Å²) in [6.45, 7) is 5.58. The van der Waals surface area contributed by atoms with Gasteiger partial charge in [-0.1, -0.05) is 0 Å². The first-order chi connectivity index (χ1) is 8.24. The number of hydrogen-bond acceptors (Lipinski definition) is 3. The van der Waals surface area contributed by atoms with E-state index in [1.807, 2.05) is 0 Å². The standard InChI is InChI=1S/C14H26O3/c1-11(9-16-13-5-3-6-13)15-10-12(2)17-14-7-4-8-14/h11-14H,3-10H2,1-2H3. The summed E-state index contributed by atoms with van der Waals surface area (Å²) in [5.41, 5.74) is 0. The third kappa shape index (κ3) is 4.57. The quantitative estimate of drug-likeness (QED) is 0.655. The molecular formula is C14H26O3. The van der Waals surface area contributed by atoms with Crippen molar-refractivity contribution < 1.29 is 14.2 Å². The minimum atomic E-state index is 0.183. The van der Waals surface area contributed by atoms with Crippen LogP contribution in [0.25, 0.3) is 0 Å². The van der Waals surface area contributed by atoms with Crippen LogP contribution in [0.2, 0.25) is 0 Å². The summed E-state index contributed by atoms with van der Waals surface area (Å²) in [4.78, 5) is 0. The zero-order valence-electron chi connectivity index (χ0n) is 11.2. The van der Waals surface area contributed by atoms with Crippen molar-refractivity contribution in [3.8, 4) is 0 Å². The molecule has 0 saturated heterocycles. The molecule has 0 radical (unpaired) electrons. The van der Waals surface area contributed by atoms with Crippen molar-refractivity contribution in [3.05, 3.63) is 0 Å². The molecule has 2 aliphatic rings. The Labute approximate surface area is 105 Å². The van der Waals surface area contributed by atoms with Gasteiger partial charge in [-0.2, -0.15) is 0 Å². The van der Waals surface area contributed by atoms with Gasteiger partial charge < -0.3 is 14.2 Å². The van der Waals surface area contributed by atoms with Crippen molar-refractivity contribution in [2.45, 2.75) is 76.8 Å². The van der Waals surface area contributed by atoms with E-state index in [4.69, 9.17) is 14.2 Å². The molecule has 0 N–H and O–H groups in total. The summed E-state index contributed by atoms with van der Waals surface area (Å²) in [6.07, 6.45) is 8.96. The third-order valence-electron chi connectivity index (χ3n) is 3.71. The van der Waals surface area contributed by atoms with Crippen LogP contribution in [0.3, 0.4) is 0 Å². The van der Waals surface area contributed by atoms with Crippen LogP contribution in [-0.4, -0.2) is 37.6 Å². The van der Waals surface area contributed by atoms with Crippen LogP contribution in [-0.2, 0) is 14.2 Å². The van der Waals surface area contributed by atoms with Gasteiger partial charge >= 0.3 is 0 Å². The second-order valence-electron chi connectivity index (χ2n) is 5.53.